The number of ether oxygens (including phenoxy) is 1. The van der Waals surface area contributed by atoms with Crippen molar-refractivity contribution in [2.45, 2.75) is 32.9 Å². The summed E-state index contributed by atoms with van der Waals surface area (Å²) >= 11 is 0. The molecule has 0 heterocycles. The minimum Gasteiger partial charge on any atom is -0.444 e. The number of hydrogen-bond donors (Lipinski definition) is 1. The number of amides is 2. The largest absolute Gasteiger partial charge is 0.444 e. The molecule has 0 saturated carbocycles. The molecule has 0 aliphatic carbocycles. The van der Waals surface area contributed by atoms with Gasteiger partial charge in [-0.2, -0.15) is 0 Å². The third kappa shape index (κ3) is 5.62. The molecule has 2 aromatic rings. The zero-order valence-corrected chi connectivity index (χ0v) is 16.0. The van der Waals surface area contributed by atoms with Crippen LogP contribution in [0.15, 0.2) is 48.5 Å². The van der Waals surface area contributed by atoms with Gasteiger partial charge in [0, 0.05) is 26.2 Å². The average Bonchev–Trinajstić information content (AvgIpc) is 2.58. The van der Waals surface area contributed by atoms with Gasteiger partial charge < -0.3 is 15.0 Å². The predicted molar refractivity (Wildman–Crippen MR) is 103 cm³/mol. The molecule has 0 fully saturated rings. The van der Waals surface area contributed by atoms with E-state index in [0.29, 0.717) is 12.1 Å². The van der Waals surface area contributed by atoms with E-state index in [0.717, 1.165) is 16.7 Å². The molecule has 138 valence electrons. The van der Waals surface area contributed by atoms with Crippen LogP contribution in [0.2, 0.25) is 0 Å². The summed E-state index contributed by atoms with van der Waals surface area (Å²) in [4.78, 5) is 25.4. The molecule has 2 aromatic carbocycles. The SMILES string of the molecule is CN(C)C(=O)c1cccc(-c2ccc(CNC(=O)OC(C)(C)C)cc2)c1. The van der Waals surface area contributed by atoms with Crippen molar-refractivity contribution in [3.8, 4) is 11.1 Å². The summed E-state index contributed by atoms with van der Waals surface area (Å²) in [5.41, 5.74) is 3.11. The normalized spacial score (nSPS) is 11.0. The van der Waals surface area contributed by atoms with Crippen LogP contribution in [0.25, 0.3) is 11.1 Å². The predicted octanol–water partition coefficient (Wildman–Crippen LogP) is 4.08. The molecule has 5 heteroatoms. The number of carbonyl (C=O) groups is 2. The Kier molecular flexibility index (Phi) is 6.03. The van der Waals surface area contributed by atoms with E-state index in [1.165, 1.54) is 0 Å². The molecule has 0 radical (unpaired) electrons. The quantitative estimate of drug-likeness (QED) is 0.900. The van der Waals surface area contributed by atoms with Gasteiger partial charge in [0.15, 0.2) is 0 Å². The van der Waals surface area contributed by atoms with E-state index in [-0.39, 0.29) is 5.91 Å². The Labute approximate surface area is 155 Å². The first-order chi connectivity index (χ1) is 12.2. The van der Waals surface area contributed by atoms with E-state index >= 15 is 0 Å². The van der Waals surface area contributed by atoms with Gasteiger partial charge in [-0.05, 0) is 49.6 Å². The zero-order valence-electron chi connectivity index (χ0n) is 16.0. The van der Waals surface area contributed by atoms with Crippen LogP contribution >= 0.6 is 0 Å². The van der Waals surface area contributed by atoms with Crippen molar-refractivity contribution in [3.63, 3.8) is 0 Å². The van der Waals surface area contributed by atoms with E-state index in [2.05, 4.69) is 5.32 Å². The summed E-state index contributed by atoms with van der Waals surface area (Å²) in [6, 6.07) is 15.4. The van der Waals surface area contributed by atoms with Crippen LogP contribution in [-0.2, 0) is 11.3 Å². The Morgan fingerprint density at radius 3 is 2.23 bits per heavy atom. The van der Waals surface area contributed by atoms with Crippen molar-refractivity contribution in [2.24, 2.45) is 0 Å². The fourth-order valence-electron chi connectivity index (χ4n) is 2.39. The summed E-state index contributed by atoms with van der Waals surface area (Å²) < 4.78 is 5.22. The molecule has 0 atom stereocenters. The molecule has 2 amide bonds. The number of alkyl carbamates (subject to hydrolysis) is 1. The van der Waals surface area contributed by atoms with E-state index in [9.17, 15) is 9.59 Å². The van der Waals surface area contributed by atoms with Gasteiger partial charge in [0.25, 0.3) is 5.91 Å². The Hall–Kier alpha value is -2.82. The third-order valence-corrected chi connectivity index (χ3v) is 3.64. The first-order valence-corrected chi connectivity index (χ1v) is 8.53. The molecule has 0 aliphatic heterocycles. The summed E-state index contributed by atoms with van der Waals surface area (Å²) in [6.07, 6.45) is -0.434. The van der Waals surface area contributed by atoms with Gasteiger partial charge in [-0.25, -0.2) is 4.79 Å². The highest BCUT2D eigenvalue weighted by atomic mass is 16.6. The number of carbonyl (C=O) groups excluding carboxylic acids is 2. The molecule has 0 unspecified atom stereocenters. The Balaban J connectivity index is 2.05. The first kappa shape index (κ1) is 19.5. The van der Waals surface area contributed by atoms with E-state index in [4.69, 9.17) is 4.74 Å². The smallest absolute Gasteiger partial charge is 0.407 e. The topological polar surface area (TPSA) is 58.6 Å². The van der Waals surface area contributed by atoms with Crippen LogP contribution in [-0.4, -0.2) is 36.6 Å². The zero-order chi connectivity index (χ0) is 19.3. The van der Waals surface area contributed by atoms with Crippen LogP contribution in [0, 0.1) is 0 Å². The number of rotatable bonds is 4. The summed E-state index contributed by atoms with van der Waals surface area (Å²) in [5, 5.41) is 2.74. The molecule has 0 bridgehead atoms. The lowest BCUT2D eigenvalue weighted by Gasteiger charge is -2.19. The molecule has 0 saturated heterocycles. The van der Waals surface area contributed by atoms with E-state index < -0.39 is 11.7 Å². The molecule has 0 spiro atoms. The van der Waals surface area contributed by atoms with Crippen LogP contribution in [0.4, 0.5) is 4.79 Å². The van der Waals surface area contributed by atoms with Gasteiger partial charge in [-0.15, -0.1) is 0 Å². The number of nitrogens with zero attached hydrogens (tertiary/aromatic N) is 1. The van der Waals surface area contributed by atoms with Crippen molar-refractivity contribution >= 4 is 12.0 Å². The monoisotopic (exact) mass is 354 g/mol. The van der Waals surface area contributed by atoms with E-state index in [1.807, 2.05) is 69.3 Å². The Morgan fingerprint density at radius 2 is 1.65 bits per heavy atom. The Bertz CT molecular complexity index is 775. The van der Waals surface area contributed by atoms with Gasteiger partial charge in [-0.3, -0.25) is 4.79 Å². The van der Waals surface area contributed by atoms with Crippen molar-refractivity contribution in [3.05, 3.63) is 59.7 Å². The maximum atomic E-state index is 12.1. The summed E-state index contributed by atoms with van der Waals surface area (Å²) in [7, 11) is 3.48. The fourth-order valence-corrected chi connectivity index (χ4v) is 2.39. The second-order valence-corrected chi connectivity index (χ2v) is 7.33. The van der Waals surface area contributed by atoms with Crippen LogP contribution in [0.5, 0.6) is 0 Å². The second kappa shape index (κ2) is 8.04. The van der Waals surface area contributed by atoms with Gasteiger partial charge in [0.2, 0.25) is 0 Å². The molecule has 0 aromatic heterocycles. The number of benzene rings is 2. The van der Waals surface area contributed by atoms with Crippen LogP contribution in [0.3, 0.4) is 0 Å². The minimum atomic E-state index is -0.511. The highest BCUT2D eigenvalue weighted by Crippen LogP contribution is 2.21. The number of nitrogens with one attached hydrogen (secondary N) is 1. The highest BCUT2D eigenvalue weighted by molar-refractivity contribution is 5.95. The maximum absolute atomic E-state index is 12.1. The molecular weight excluding hydrogens is 328 g/mol. The molecule has 5 nitrogen and oxygen atoms in total. The number of hydrogen-bond acceptors (Lipinski definition) is 3. The van der Waals surface area contributed by atoms with Crippen molar-refractivity contribution in [1.82, 2.24) is 10.2 Å². The summed E-state index contributed by atoms with van der Waals surface area (Å²) in [5.74, 6) is -0.0231. The highest BCUT2D eigenvalue weighted by Gasteiger charge is 2.15. The lowest BCUT2D eigenvalue weighted by atomic mass is 10.0. The lowest BCUT2D eigenvalue weighted by Crippen LogP contribution is -2.32. The second-order valence-electron chi connectivity index (χ2n) is 7.33. The van der Waals surface area contributed by atoms with Crippen molar-refractivity contribution in [2.75, 3.05) is 14.1 Å². The standard InChI is InChI=1S/C21H26N2O3/c1-21(2,3)26-20(25)22-14-15-9-11-16(12-10-15)17-7-6-8-18(13-17)19(24)23(4)5/h6-13H,14H2,1-5H3,(H,22,25). The van der Waals surface area contributed by atoms with Crippen LogP contribution in [0.1, 0.15) is 36.7 Å². The minimum absolute atomic E-state index is 0.0231. The molecule has 2 rings (SSSR count). The molecule has 26 heavy (non-hydrogen) atoms. The molecule has 1 N–H and O–H groups in total. The van der Waals surface area contributed by atoms with Crippen molar-refractivity contribution in [1.29, 1.82) is 0 Å². The van der Waals surface area contributed by atoms with Gasteiger partial charge in [0.05, 0.1) is 0 Å². The lowest BCUT2D eigenvalue weighted by molar-refractivity contribution is 0.0523. The molecule has 0 aliphatic rings. The fraction of sp³-hybridized carbons (Fsp3) is 0.333. The van der Waals surface area contributed by atoms with Crippen LogP contribution < -0.4 is 5.32 Å². The van der Waals surface area contributed by atoms with E-state index in [1.54, 1.807) is 19.0 Å². The van der Waals surface area contributed by atoms with Gasteiger partial charge >= 0.3 is 6.09 Å². The van der Waals surface area contributed by atoms with Gasteiger partial charge in [0.1, 0.15) is 5.60 Å². The maximum Gasteiger partial charge on any atom is 0.407 e. The summed E-state index contributed by atoms with van der Waals surface area (Å²) in [6.45, 7) is 5.89. The Morgan fingerprint density at radius 1 is 1.00 bits per heavy atom. The first-order valence-electron chi connectivity index (χ1n) is 8.53. The average molecular weight is 354 g/mol. The molecular formula is C21H26N2O3. The van der Waals surface area contributed by atoms with Gasteiger partial charge in [-0.1, -0.05) is 36.4 Å². The van der Waals surface area contributed by atoms with Crippen molar-refractivity contribution < 1.29 is 14.3 Å². The third-order valence-electron chi connectivity index (χ3n) is 3.64.